The summed E-state index contributed by atoms with van der Waals surface area (Å²) in [5.74, 6) is -1.13. The molecule has 0 aromatic carbocycles. The van der Waals surface area contributed by atoms with Gasteiger partial charge in [0.15, 0.2) is 0 Å². The summed E-state index contributed by atoms with van der Waals surface area (Å²) in [5, 5.41) is 8.78. The summed E-state index contributed by atoms with van der Waals surface area (Å²) in [4.78, 5) is 14.8. The number of halogens is 1. The fourth-order valence-electron chi connectivity index (χ4n) is 1.26. The molecule has 82 valence electrons. The van der Waals surface area contributed by atoms with Crippen LogP contribution in [0.15, 0.2) is 6.07 Å². The van der Waals surface area contributed by atoms with Gasteiger partial charge in [-0.25, -0.2) is 9.78 Å². The number of carbonyl (C=O) groups is 1. The van der Waals surface area contributed by atoms with Crippen LogP contribution < -0.4 is 5.73 Å². The van der Waals surface area contributed by atoms with Crippen molar-refractivity contribution in [2.24, 2.45) is 0 Å². The van der Waals surface area contributed by atoms with Gasteiger partial charge in [-0.15, -0.1) is 0 Å². The maximum absolute atomic E-state index is 10.8. The van der Waals surface area contributed by atoms with Crippen molar-refractivity contribution < 1.29 is 9.90 Å². The van der Waals surface area contributed by atoms with Gasteiger partial charge in [0.25, 0.3) is 0 Å². The number of nitrogens with zero attached hydrogens (tertiary/aromatic N) is 1. The number of pyridine rings is 1. The predicted octanol–water partition coefficient (Wildman–Crippen LogP) is 2.31. The highest BCUT2D eigenvalue weighted by atomic mass is 35.5. The van der Waals surface area contributed by atoms with Crippen LogP contribution in [0.1, 0.15) is 36.8 Å². The van der Waals surface area contributed by atoms with E-state index in [-0.39, 0.29) is 16.1 Å². The molecule has 1 heterocycles. The van der Waals surface area contributed by atoms with Gasteiger partial charge in [-0.05, 0) is 6.07 Å². The Labute approximate surface area is 93.1 Å². The minimum atomic E-state index is -1.13. The minimum Gasteiger partial charge on any atom is -0.478 e. The topological polar surface area (TPSA) is 76.2 Å². The first-order valence-electron chi connectivity index (χ1n) is 4.43. The third kappa shape index (κ3) is 2.39. The van der Waals surface area contributed by atoms with Gasteiger partial charge in [-0.1, -0.05) is 32.4 Å². The Balaban J connectivity index is 3.39. The van der Waals surface area contributed by atoms with Crippen LogP contribution in [0.4, 0.5) is 5.69 Å². The van der Waals surface area contributed by atoms with E-state index in [1.54, 1.807) is 0 Å². The van der Waals surface area contributed by atoms with Crippen molar-refractivity contribution in [3.8, 4) is 0 Å². The zero-order valence-electron chi connectivity index (χ0n) is 8.84. The number of aromatic carboxylic acids is 1. The molecule has 5 heteroatoms. The van der Waals surface area contributed by atoms with Gasteiger partial charge < -0.3 is 10.8 Å². The van der Waals surface area contributed by atoms with Gasteiger partial charge in [0.05, 0.1) is 16.9 Å². The SMILES string of the molecule is CC(C)(C)c1nc(Cl)c(C(=O)O)cc1N. The Morgan fingerprint density at radius 1 is 1.53 bits per heavy atom. The lowest BCUT2D eigenvalue weighted by atomic mass is 9.90. The molecule has 1 aromatic heterocycles. The largest absolute Gasteiger partial charge is 0.478 e. The lowest BCUT2D eigenvalue weighted by Crippen LogP contribution is -2.17. The molecular formula is C10H13ClN2O2. The molecule has 0 saturated heterocycles. The quantitative estimate of drug-likeness (QED) is 0.724. The summed E-state index contributed by atoms with van der Waals surface area (Å²) in [6, 6.07) is 1.35. The van der Waals surface area contributed by atoms with Crippen LogP contribution in [0.2, 0.25) is 5.15 Å². The Hall–Kier alpha value is -1.29. The predicted molar refractivity (Wildman–Crippen MR) is 59.3 cm³/mol. The van der Waals surface area contributed by atoms with Gasteiger partial charge in [-0.2, -0.15) is 0 Å². The second kappa shape index (κ2) is 3.70. The number of hydrogen-bond acceptors (Lipinski definition) is 3. The van der Waals surface area contributed by atoms with E-state index in [0.29, 0.717) is 11.4 Å². The van der Waals surface area contributed by atoms with E-state index in [0.717, 1.165) is 0 Å². The van der Waals surface area contributed by atoms with E-state index in [1.165, 1.54) is 6.07 Å². The molecule has 1 aromatic rings. The number of aromatic nitrogens is 1. The molecule has 0 fully saturated rings. The van der Waals surface area contributed by atoms with E-state index in [1.807, 2.05) is 20.8 Å². The van der Waals surface area contributed by atoms with Crippen LogP contribution in [0.5, 0.6) is 0 Å². The Morgan fingerprint density at radius 2 is 2.07 bits per heavy atom. The summed E-state index contributed by atoms with van der Waals surface area (Å²) in [6.07, 6.45) is 0. The van der Waals surface area contributed by atoms with Crippen LogP contribution in [0, 0.1) is 0 Å². The maximum Gasteiger partial charge on any atom is 0.338 e. The Morgan fingerprint density at radius 3 is 2.47 bits per heavy atom. The Bertz CT molecular complexity index is 411. The van der Waals surface area contributed by atoms with Crippen molar-refractivity contribution in [2.75, 3.05) is 5.73 Å². The number of carboxylic acids is 1. The van der Waals surface area contributed by atoms with E-state index in [4.69, 9.17) is 22.4 Å². The summed E-state index contributed by atoms with van der Waals surface area (Å²) >= 11 is 5.75. The van der Waals surface area contributed by atoms with Gasteiger partial charge in [0.1, 0.15) is 5.15 Å². The zero-order chi connectivity index (χ0) is 11.8. The number of anilines is 1. The molecule has 0 spiro atoms. The van der Waals surface area contributed by atoms with Crippen molar-refractivity contribution in [2.45, 2.75) is 26.2 Å². The lowest BCUT2D eigenvalue weighted by Gasteiger charge is -2.20. The molecule has 0 aliphatic heterocycles. The fourth-order valence-corrected chi connectivity index (χ4v) is 1.48. The number of hydrogen-bond donors (Lipinski definition) is 2. The van der Waals surface area contributed by atoms with Crippen LogP contribution in [0.25, 0.3) is 0 Å². The van der Waals surface area contributed by atoms with E-state index in [2.05, 4.69) is 4.98 Å². The number of carboxylic acid groups (broad SMARTS) is 1. The van der Waals surface area contributed by atoms with E-state index >= 15 is 0 Å². The zero-order valence-corrected chi connectivity index (χ0v) is 9.59. The van der Waals surface area contributed by atoms with Crippen molar-refractivity contribution in [3.63, 3.8) is 0 Å². The van der Waals surface area contributed by atoms with E-state index in [9.17, 15) is 4.79 Å². The van der Waals surface area contributed by atoms with Gasteiger partial charge in [0, 0.05) is 5.41 Å². The molecule has 1 rings (SSSR count). The third-order valence-corrected chi connectivity index (χ3v) is 2.23. The molecule has 0 aliphatic rings. The Kier molecular flexibility index (Phi) is 2.90. The first kappa shape index (κ1) is 11.8. The summed E-state index contributed by atoms with van der Waals surface area (Å²) in [6.45, 7) is 5.80. The minimum absolute atomic E-state index is 0.0263. The normalized spacial score (nSPS) is 11.5. The summed E-state index contributed by atoms with van der Waals surface area (Å²) < 4.78 is 0. The maximum atomic E-state index is 10.8. The average Bonchev–Trinajstić information content (AvgIpc) is 2.06. The highest BCUT2D eigenvalue weighted by molar-refractivity contribution is 6.32. The van der Waals surface area contributed by atoms with Gasteiger partial charge >= 0.3 is 5.97 Å². The lowest BCUT2D eigenvalue weighted by molar-refractivity contribution is 0.0696. The van der Waals surface area contributed by atoms with Crippen molar-refractivity contribution in [3.05, 3.63) is 22.5 Å². The monoisotopic (exact) mass is 228 g/mol. The molecule has 0 unspecified atom stereocenters. The smallest absolute Gasteiger partial charge is 0.338 e. The van der Waals surface area contributed by atoms with Crippen LogP contribution in [-0.2, 0) is 5.41 Å². The highest BCUT2D eigenvalue weighted by Crippen LogP contribution is 2.29. The van der Waals surface area contributed by atoms with Crippen molar-refractivity contribution in [1.29, 1.82) is 0 Å². The van der Waals surface area contributed by atoms with Gasteiger partial charge in [0.2, 0.25) is 0 Å². The first-order chi connectivity index (χ1) is 6.73. The molecule has 0 amide bonds. The van der Waals surface area contributed by atoms with E-state index < -0.39 is 5.97 Å². The van der Waals surface area contributed by atoms with Crippen molar-refractivity contribution >= 4 is 23.3 Å². The van der Waals surface area contributed by atoms with Crippen LogP contribution in [0.3, 0.4) is 0 Å². The summed E-state index contributed by atoms with van der Waals surface area (Å²) in [5.41, 5.74) is 6.36. The molecular weight excluding hydrogens is 216 g/mol. The molecule has 15 heavy (non-hydrogen) atoms. The third-order valence-electron chi connectivity index (χ3n) is 1.95. The van der Waals surface area contributed by atoms with Gasteiger partial charge in [-0.3, -0.25) is 0 Å². The number of nitrogen functional groups attached to an aromatic ring is 1. The molecule has 4 nitrogen and oxygen atoms in total. The second-order valence-corrected chi connectivity index (χ2v) is 4.68. The summed E-state index contributed by atoms with van der Waals surface area (Å²) in [7, 11) is 0. The van der Waals surface area contributed by atoms with Crippen molar-refractivity contribution in [1.82, 2.24) is 4.98 Å². The molecule has 0 saturated carbocycles. The molecule has 0 aliphatic carbocycles. The molecule has 0 bridgehead atoms. The number of nitrogens with two attached hydrogens (primary N) is 1. The fraction of sp³-hybridized carbons (Fsp3) is 0.400. The molecule has 3 N–H and O–H groups in total. The van der Waals surface area contributed by atoms with Crippen LogP contribution in [-0.4, -0.2) is 16.1 Å². The highest BCUT2D eigenvalue weighted by Gasteiger charge is 2.22. The standard InChI is InChI=1S/C10H13ClN2O2/c1-10(2,3)7-6(12)4-5(9(14)15)8(11)13-7/h4H,12H2,1-3H3,(H,14,15). The second-order valence-electron chi connectivity index (χ2n) is 4.32. The number of rotatable bonds is 1. The molecule has 0 radical (unpaired) electrons. The first-order valence-corrected chi connectivity index (χ1v) is 4.81. The van der Waals surface area contributed by atoms with Crippen LogP contribution >= 0.6 is 11.6 Å². The molecule has 0 atom stereocenters. The average molecular weight is 229 g/mol.